The van der Waals surface area contributed by atoms with Crippen LogP contribution >= 0.6 is 0 Å². The van der Waals surface area contributed by atoms with Crippen molar-refractivity contribution in [3.63, 3.8) is 0 Å². The molecule has 0 amide bonds. The van der Waals surface area contributed by atoms with E-state index in [0.29, 0.717) is 5.92 Å². The third kappa shape index (κ3) is 3.17. The van der Waals surface area contributed by atoms with Crippen LogP contribution in [0.4, 0.5) is 4.39 Å². The Morgan fingerprint density at radius 3 is 2.56 bits per heavy atom. The monoisotopic (exact) mass is 247 g/mol. The fraction of sp³-hybridized carbons (Fsp3) is 0.357. The fourth-order valence-electron chi connectivity index (χ4n) is 2.11. The van der Waals surface area contributed by atoms with Gasteiger partial charge in [0.15, 0.2) is 0 Å². The summed E-state index contributed by atoms with van der Waals surface area (Å²) < 4.78 is 14.7. The normalized spacial score (nSPS) is 12.6. The molecule has 0 aliphatic rings. The molecule has 3 nitrogen and oxygen atoms in total. The van der Waals surface area contributed by atoms with Crippen molar-refractivity contribution in [1.82, 2.24) is 15.1 Å². The van der Waals surface area contributed by atoms with Crippen molar-refractivity contribution in [2.75, 3.05) is 13.6 Å². The van der Waals surface area contributed by atoms with Crippen molar-refractivity contribution in [3.8, 4) is 0 Å². The van der Waals surface area contributed by atoms with E-state index < -0.39 is 0 Å². The van der Waals surface area contributed by atoms with Crippen molar-refractivity contribution in [1.29, 1.82) is 0 Å². The number of benzene rings is 1. The lowest BCUT2D eigenvalue weighted by Gasteiger charge is -2.15. The highest BCUT2D eigenvalue weighted by molar-refractivity contribution is 5.22. The topological polar surface area (TPSA) is 29.9 Å². The van der Waals surface area contributed by atoms with Crippen LogP contribution in [0, 0.1) is 5.82 Å². The van der Waals surface area contributed by atoms with Crippen LogP contribution in [0.25, 0.3) is 0 Å². The molecule has 1 heterocycles. The van der Waals surface area contributed by atoms with Gasteiger partial charge in [0.05, 0.1) is 5.69 Å². The van der Waals surface area contributed by atoms with Gasteiger partial charge in [-0.05, 0) is 37.2 Å². The van der Waals surface area contributed by atoms with Crippen LogP contribution in [0.5, 0.6) is 0 Å². The van der Waals surface area contributed by atoms with E-state index in [1.165, 1.54) is 12.1 Å². The van der Waals surface area contributed by atoms with Gasteiger partial charge in [-0.3, -0.25) is 4.68 Å². The van der Waals surface area contributed by atoms with Gasteiger partial charge in [-0.1, -0.05) is 12.1 Å². The summed E-state index contributed by atoms with van der Waals surface area (Å²) in [6.45, 7) is 0.849. The van der Waals surface area contributed by atoms with E-state index in [0.717, 1.165) is 24.2 Å². The van der Waals surface area contributed by atoms with Gasteiger partial charge in [-0.2, -0.15) is 5.10 Å². The highest BCUT2D eigenvalue weighted by Gasteiger charge is 2.13. The zero-order chi connectivity index (χ0) is 13.0. The van der Waals surface area contributed by atoms with Crippen molar-refractivity contribution < 1.29 is 4.39 Å². The second-order valence-electron chi connectivity index (χ2n) is 4.49. The molecule has 0 spiro atoms. The number of aryl methyl sites for hydroxylation is 1. The first-order valence-corrected chi connectivity index (χ1v) is 6.07. The van der Waals surface area contributed by atoms with E-state index in [2.05, 4.69) is 10.4 Å². The van der Waals surface area contributed by atoms with Crippen molar-refractivity contribution >= 4 is 0 Å². The van der Waals surface area contributed by atoms with Gasteiger partial charge >= 0.3 is 0 Å². The van der Waals surface area contributed by atoms with Crippen LogP contribution in [0.15, 0.2) is 36.5 Å². The Morgan fingerprint density at radius 2 is 2.00 bits per heavy atom. The third-order valence-corrected chi connectivity index (χ3v) is 3.02. The molecule has 0 radical (unpaired) electrons. The Balaban J connectivity index is 2.14. The number of hydrogen-bond donors (Lipinski definition) is 1. The first-order chi connectivity index (χ1) is 8.69. The van der Waals surface area contributed by atoms with Gasteiger partial charge < -0.3 is 5.32 Å². The third-order valence-electron chi connectivity index (χ3n) is 3.02. The maximum absolute atomic E-state index is 12.9. The first kappa shape index (κ1) is 12.8. The summed E-state index contributed by atoms with van der Waals surface area (Å²) in [6.07, 6.45) is 2.80. The summed E-state index contributed by atoms with van der Waals surface area (Å²) >= 11 is 0. The molecule has 2 aromatic rings. The number of halogens is 1. The zero-order valence-electron chi connectivity index (χ0n) is 10.7. The summed E-state index contributed by atoms with van der Waals surface area (Å²) in [4.78, 5) is 0. The Bertz CT molecular complexity index is 490. The number of nitrogens with zero attached hydrogens (tertiary/aromatic N) is 2. The standard InChI is InChI=1S/C14H18FN3/c1-16-10-12(9-14-7-8-18(2)17-14)11-3-5-13(15)6-4-11/h3-8,12,16H,9-10H2,1-2H3. The molecule has 1 aromatic carbocycles. The second-order valence-corrected chi connectivity index (χ2v) is 4.49. The van der Waals surface area contributed by atoms with Gasteiger partial charge in [0.2, 0.25) is 0 Å². The molecule has 1 unspecified atom stereocenters. The van der Waals surface area contributed by atoms with Gasteiger partial charge in [-0.15, -0.1) is 0 Å². The predicted molar refractivity (Wildman–Crippen MR) is 70.0 cm³/mol. The summed E-state index contributed by atoms with van der Waals surface area (Å²) in [6, 6.07) is 8.74. The molecule has 2 rings (SSSR count). The summed E-state index contributed by atoms with van der Waals surface area (Å²) in [5.41, 5.74) is 2.19. The van der Waals surface area contributed by atoms with Crippen molar-refractivity contribution in [3.05, 3.63) is 53.6 Å². The molecular formula is C14H18FN3. The fourth-order valence-corrected chi connectivity index (χ4v) is 2.11. The van der Waals surface area contributed by atoms with Crippen LogP contribution in [-0.4, -0.2) is 23.4 Å². The number of aromatic nitrogens is 2. The molecule has 1 aromatic heterocycles. The molecule has 1 atom stereocenters. The van der Waals surface area contributed by atoms with Gasteiger partial charge in [0.25, 0.3) is 0 Å². The van der Waals surface area contributed by atoms with E-state index in [-0.39, 0.29) is 5.82 Å². The van der Waals surface area contributed by atoms with E-state index >= 15 is 0 Å². The van der Waals surface area contributed by atoms with E-state index in [1.54, 1.807) is 4.68 Å². The summed E-state index contributed by atoms with van der Waals surface area (Å²) in [5, 5.41) is 7.57. The average Bonchev–Trinajstić information content (AvgIpc) is 2.75. The second kappa shape index (κ2) is 5.78. The quantitative estimate of drug-likeness (QED) is 0.877. The average molecular weight is 247 g/mol. The molecule has 4 heteroatoms. The van der Waals surface area contributed by atoms with Gasteiger partial charge in [0, 0.05) is 25.7 Å². The smallest absolute Gasteiger partial charge is 0.123 e. The molecule has 1 N–H and O–H groups in total. The number of likely N-dealkylation sites (N-methyl/N-ethyl adjacent to an activating group) is 1. The van der Waals surface area contributed by atoms with Gasteiger partial charge in [-0.25, -0.2) is 4.39 Å². The van der Waals surface area contributed by atoms with E-state index in [1.807, 2.05) is 38.5 Å². The van der Waals surface area contributed by atoms with Crippen LogP contribution in [0.1, 0.15) is 17.2 Å². The molecule has 18 heavy (non-hydrogen) atoms. The Hall–Kier alpha value is -1.68. The Labute approximate surface area is 107 Å². The van der Waals surface area contributed by atoms with E-state index in [9.17, 15) is 4.39 Å². The Kier molecular flexibility index (Phi) is 4.10. The number of hydrogen-bond acceptors (Lipinski definition) is 2. The van der Waals surface area contributed by atoms with Crippen LogP contribution < -0.4 is 5.32 Å². The van der Waals surface area contributed by atoms with Crippen molar-refractivity contribution in [2.45, 2.75) is 12.3 Å². The minimum absolute atomic E-state index is 0.195. The molecule has 0 saturated carbocycles. The minimum atomic E-state index is -0.195. The largest absolute Gasteiger partial charge is 0.319 e. The number of nitrogens with one attached hydrogen (secondary N) is 1. The molecule has 0 saturated heterocycles. The molecule has 0 fully saturated rings. The van der Waals surface area contributed by atoms with E-state index in [4.69, 9.17) is 0 Å². The lowest BCUT2D eigenvalue weighted by atomic mass is 9.94. The Morgan fingerprint density at radius 1 is 1.28 bits per heavy atom. The molecule has 0 aliphatic carbocycles. The van der Waals surface area contributed by atoms with Crippen LogP contribution in [0.3, 0.4) is 0 Å². The van der Waals surface area contributed by atoms with Crippen molar-refractivity contribution in [2.24, 2.45) is 7.05 Å². The molecule has 0 aliphatic heterocycles. The lowest BCUT2D eigenvalue weighted by Crippen LogP contribution is -2.19. The summed E-state index contributed by atoms with van der Waals surface area (Å²) in [7, 11) is 3.84. The highest BCUT2D eigenvalue weighted by Crippen LogP contribution is 2.20. The van der Waals surface area contributed by atoms with Crippen LogP contribution in [-0.2, 0) is 13.5 Å². The maximum atomic E-state index is 12.9. The zero-order valence-corrected chi connectivity index (χ0v) is 10.7. The number of rotatable bonds is 5. The minimum Gasteiger partial charge on any atom is -0.319 e. The molecular weight excluding hydrogens is 229 g/mol. The lowest BCUT2D eigenvalue weighted by molar-refractivity contribution is 0.601. The SMILES string of the molecule is CNCC(Cc1ccn(C)n1)c1ccc(F)cc1. The van der Waals surface area contributed by atoms with Gasteiger partial charge in [0.1, 0.15) is 5.82 Å². The highest BCUT2D eigenvalue weighted by atomic mass is 19.1. The first-order valence-electron chi connectivity index (χ1n) is 6.07. The molecule has 96 valence electrons. The van der Waals surface area contributed by atoms with Crippen LogP contribution in [0.2, 0.25) is 0 Å². The molecule has 0 bridgehead atoms. The predicted octanol–water partition coefficient (Wildman–Crippen LogP) is 2.10. The summed E-state index contributed by atoms with van der Waals surface area (Å²) in [5.74, 6) is 0.116. The maximum Gasteiger partial charge on any atom is 0.123 e.